The molecule has 0 unspecified atom stereocenters. The molecule has 2 aromatic heterocycles. The van der Waals surface area contributed by atoms with E-state index in [0.717, 1.165) is 59.1 Å². The molecule has 1 fully saturated rings. The van der Waals surface area contributed by atoms with Gasteiger partial charge in [-0.05, 0) is 44.7 Å². The lowest BCUT2D eigenvalue weighted by Gasteiger charge is -2.31. The van der Waals surface area contributed by atoms with E-state index in [1.165, 1.54) is 0 Å². The number of H-pyrrole nitrogens is 1. The van der Waals surface area contributed by atoms with Crippen molar-refractivity contribution in [2.45, 2.75) is 33.1 Å². The Labute approximate surface area is 151 Å². The molecule has 3 heterocycles. The van der Waals surface area contributed by atoms with Crippen molar-refractivity contribution in [2.75, 3.05) is 13.1 Å². The van der Waals surface area contributed by atoms with Crippen LogP contribution in [0.25, 0.3) is 11.0 Å². The summed E-state index contributed by atoms with van der Waals surface area (Å²) in [7, 11) is 0. The van der Waals surface area contributed by atoms with Crippen LogP contribution in [-0.2, 0) is 6.42 Å². The first-order chi connectivity index (χ1) is 12.1. The molecule has 3 aromatic rings. The van der Waals surface area contributed by atoms with Gasteiger partial charge in [-0.3, -0.25) is 4.79 Å². The SMILES string of the molecule is Cc1nc(C(=O)N2CCC(Cc3nc4ccccc4[nH]3)CC2)c(C)s1. The summed E-state index contributed by atoms with van der Waals surface area (Å²) in [5.41, 5.74) is 2.76. The van der Waals surface area contributed by atoms with Gasteiger partial charge in [0.1, 0.15) is 11.5 Å². The quantitative estimate of drug-likeness (QED) is 0.779. The third-order valence-electron chi connectivity index (χ3n) is 4.93. The fraction of sp³-hybridized carbons (Fsp3) is 0.421. The molecule has 6 heteroatoms. The predicted molar refractivity (Wildman–Crippen MR) is 100 cm³/mol. The minimum Gasteiger partial charge on any atom is -0.342 e. The molecule has 1 N–H and O–H groups in total. The molecular weight excluding hydrogens is 332 g/mol. The molecular formula is C19H22N4OS. The first-order valence-electron chi connectivity index (χ1n) is 8.77. The van der Waals surface area contributed by atoms with E-state index in [-0.39, 0.29) is 5.91 Å². The van der Waals surface area contributed by atoms with Crippen molar-refractivity contribution in [1.82, 2.24) is 19.9 Å². The molecule has 0 spiro atoms. The third kappa shape index (κ3) is 3.31. The lowest BCUT2D eigenvalue weighted by molar-refractivity contribution is 0.0684. The maximum absolute atomic E-state index is 12.7. The van der Waals surface area contributed by atoms with E-state index < -0.39 is 0 Å². The Kier molecular flexibility index (Phi) is 4.29. The van der Waals surface area contributed by atoms with Crippen LogP contribution in [0.15, 0.2) is 24.3 Å². The Hall–Kier alpha value is -2.21. The number of aromatic nitrogens is 3. The van der Waals surface area contributed by atoms with Gasteiger partial charge in [-0.2, -0.15) is 0 Å². The van der Waals surface area contributed by atoms with Gasteiger partial charge in [-0.1, -0.05) is 12.1 Å². The van der Waals surface area contributed by atoms with Gasteiger partial charge < -0.3 is 9.88 Å². The molecule has 4 rings (SSSR count). The number of piperidine rings is 1. The standard InChI is InChI=1S/C19H22N4OS/c1-12-18(20-13(2)25-12)19(24)23-9-7-14(8-10-23)11-17-21-15-5-3-4-6-16(15)22-17/h3-6,14H,7-11H2,1-2H3,(H,21,22). The van der Waals surface area contributed by atoms with E-state index in [2.05, 4.69) is 21.0 Å². The molecule has 0 bridgehead atoms. The van der Waals surface area contributed by atoms with Gasteiger partial charge >= 0.3 is 0 Å². The highest BCUT2D eigenvalue weighted by Crippen LogP contribution is 2.25. The number of hydrogen-bond acceptors (Lipinski definition) is 4. The second-order valence-corrected chi connectivity index (χ2v) is 8.19. The van der Waals surface area contributed by atoms with Crippen LogP contribution in [0.2, 0.25) is 0 Å². The Morgan fingerprint density at radius 3 is 2.68 bits per heavy atom. The number of benzene rings is 1. The number of amides is 1. The third-order valence-corrected chi connectivity index (χ3v) is 5.81. The second-order valence-electron chi connectivity index (χ2n) is 6.78. The van der Waals surface area contributed by atoms with Crippen LogP contribution in [0.3, 0.4) is 0 Å². The first kappa shape index (κ1) is 16.3. The number of thiazole rings is 1. The van der Waals surface area contributed by atoms with Crippen molar-refractivity contribution in [3.8, 4) is 0 Å². The van der Waals surface area contributed by atoms with Crippen LogP contribution in [-0.4, -0.2) is 38.8 Å². The fourth-order valence-electron chi connectivity index (χ4n) is 3.59. The van der Waals surface area contributed by atoms with E-state index in [9.17, 15) is 4.79 Å². The van der Waals surface area contributed by atoms with E-state index in [1.54, 1.807) is 11.3 Å². The van der Waals surface area contributed by atoms with Crippen molar-refractivity contribution in [3.63, 3.8) is 0 Å². The van der Waals surface area contributed by atoms with Crippen molar-refractivity contribution in [1.29, 1.82) is 0 Å². The number of para-hydroxylation sites is 2. The van der Waals surface area contributed by atoms with Crippen LogP contribution < -0.4 is 0 Å². The van der Waals surface area contributed by atoms with Crippen LogP contribution in [0.4, 0.5) is 0 Å². The number of aromatic amines is 1. The number of carbonyl (C=O) groups excluding carboxylic acids is 1. The Morgan fingerprint density at radius 1 is 1.24 bits per heavy atom. The van der Waals surface area contributed by atoms with Gasteiger partial charge in [0.25, 0.3) is 5.91 Å². The second kappa shape index (κ2) is 6.59. The number of rotatable bonds is 3. The van der Waals surface area contributed by atoms with Crippen molar-refractivity contribution >= 4 is 28.3 Å². The number of nitrogens with zero attached hydrogens (tertiary/aromatic N) is 3. The monoisotopic (exact) mass is 354 g/mol. The lowest BCUT2D eigenvalue weighted by atomic mass is 9.93. The van der Waals surface area contributed by atoms with E-state index in [1.807, 2.05) is 36.9 Å². The van der Waals surface area contributed by atoms with E-state index >= 15 is 0 Å². The van der Waals surface area contributed by atoms with E-state index in [0.29, 0.717) is 11.6 Å². The molecule has 1 aliphatic heterocycles. The predicted octanol–water partition coefficient (Wildman–Crippen LogP) is 3.73. The van der Waals surface area contributed by atoms with Crippen LogP contribution >= 0.6 is 11.3 Å². The highest BCUT2D eigenvalue weighted by atomic mass is 32.1. The largest absolute Gasteiger partial charge is 0.342 e. The van der Waals surface area contributed by atoms with Gasteiger partial charge in [0.05, 0.1) is 16.0 Å². The first-order valence-corrected chi connectivity index (χ1v) is 9.59. The molecule has 1 saturated heterocycles. The number of nitrogens with one attached hydrogen (secondary N) is 1. The summed E-state index contributed by atoms with van der Waals surface area (Å²) >= 11 is 1.59. The summed E-state index contributed by atoms with van der Waals surface area (Å²) in [4.78, 5) is 28.1. The van der Waals surface area contributed by atoms with Gasteiger partial charge in [0.15, 0.2) is 0 Å². The highest BCUT2D eigenvalue weighted by Gasteiger charge is 2.26. The van der Waals surface area contributed by atoms with E-state index in [4.69, 9.17) is 0 Å². The normalized spacial score (nSPS) is 15.8. The minimum atomic E-state index is 0.0871. The number of imidazole rings is 1. The molecule has 1 aliphatic rings. The lowest BCUT2D eigenvalue weighted by Crippen LogP contribution is -2.39. The number of fused-ring (bicyclic) bond motifs is 1. The topological polar surface area (TPSA) is 61.9 Å². The molecule has 0 aliphatic carbocycles. The van der Waals surface area contributed by atoms with Gasteiger partial charge in [0, 0.05) is 24.4 Å². The highest BCUT2D eigenvalue weighted by molar-refractivity contribution is 7.11. The zero-order valence-electron chi connectivity index (χ0n) is 14.6. The Balaban J connectivity index is 1.38. The maximum atomic E-state index is 12.7. The van der Waals surface area contributed by atoms with Gasteiger partial charge in [0.2, 0.25) is 0 Å². The van der Waals surface area contributed by atoms with Crippen LogP contribution in [0.1, 0.15) is 39.0 Å². The smallest absolute Gasteiger partial charge is 0.273 e. The Bertz CT molecular complexity index is 872. The van der Waals surface area contributed by atoms with Crippen molar-refractivity contribution in [2.24, 2.45) is 5.92 Å². The average Bonchev–Trinajstić information content (AvgIpc) is 3.16. The summed E-state index contributed by atoms with van der Waals surface area (Å²) in [6, 6.07) is 8.13. The van der Waals surface area contributed by atoms with Gasteiger partial charge in [-0.25, -0.2) is 9.97 Å². The summed E-state index contributed by atoms with van der Waals surface area (Å²) in [6.07, 6.45) is 2.99. The zero-order valence-corrected chi connectivity index (χ0v) is 15.4. The van der Waals surface area contributed by atoms with Crippen molar-refractivity contribution < 1.29 is 4.79 Å². The summed E-state index contributed by atoms with van der Waals surface area (Å²) in [5, 5.41) is 0.959. The summed E-state index contributed by atoms with van der Waals surface area (Å²) < 4.78 is 0. The summed E-state index contributed by atoms with van der Waals surface area (Å²) in [6.45, 7) is 5.54. The average molecular weight is 354 g/mol. The van der Waals surface area contributed by atoms with Crippen molar-refractivity contribution in [3.05, 3.63) is 45.7 Å². The van der Waals surface area contributed by atoms with Crippen LogP contribution in [0, 0.1) is 19.8 Å². The number of likely N-dealkylation sites (tertiary alicyclic amines) is 1. The molecule has 1 aromatic carbocycles. The molecule has 1 amide bonds. The summed E-state index contributed by atoms with van der Waals surface area (Å²) in [5.74, 6) is 1.71. The fourth-order valence-corrected chi connectivity index (χ4v) is 4.40. The van der Waals surface area contributed by atoms with Gasteiger partial charge in [-0.15, -0.1) is 11.3 Å². The molecule has 130 valence electrons. The minimum absolute atomic E-state index is 0.0871. The Morgan fingerprint density at radius 2 is 2.00 bits per heavy atom. The number of carbonyl (C=O) groups is 1. The maximum Gasteiger partial charge on any atom is 0.273 e. The molecule has 5 nitrogen and oxygen atoms in total. The molecule has 0 radical (unpaired) electrons. The molecule has 0 atom stereocenters. The zero-order chi connectivity index (χ0) is 17.4. The number of aryl methyl sites for hydroxylation is 2. The number of hydrogen-bond donors (Lipinski definition) is 1. The molecule has 0 saturated carbocycles. The van der Waals surface area contributed by atoms with Crippen LogP contribution in [0.5, 0.6) is 0 Å². The molecule has 25 heavy (non-hydrogen) atoms.